The lowest BCUT2D eigenvalue weighted by atomic mass is 9.90. The van der Waals surface area contributed by atoms with E-state index in [0.29, 0.717) is 33.5 Å². The van der Waals surface area contributed by atoms with Gasteiger partial charge in [-0.05, 0) is 69.0 Å². The molecule has 1 saturated heterocycles. The van der Waals surface area contributed by atoms with Crippen LogP contribution in [0.3, 0.4) is 0 Å². The van der Waals surface area contributed by atoms with Crippen LogP contribution in [-0.2, 0) is 17.6 Å². The fraction of sp³-hybridized carbons (Fsp3) is 0.393. The van der Waals surface area contributed by atoms with Crippen molar-refractivity contribution < 1.29 is 24.1 Å². The molecular formula is C28H30FN3O4S. The SMILES string of the molecule is CC(C)(C)O.Cc1c(CC(=O)O)c(-c2ccc3c4c(ccnc24)CCO3)c2sc(N3CCC3)nc2c1F. The maximum Gasteiger partial charge on any atom is 0.307 e. The molecule has 0 spiro atoms. The minimum absolute atomic E-state index is 0.273. The molecule has 0 unspecified atom stereocenters. The molecule has 2 N–H and O–H groups in total. The molecule has 0 saturated carbocycles. The lowest BCUT2D eigenvalue weighted by molar-refractivity contribution is -0.136. The summed E-state index contributed by atoms with van der Waals surface area (Å²) in [6.45, 7) is 9.28. The Morgan fingerprint density at radius 3 is 2.59 bits per heavy atom. The Morgan fingerprint density at radius 2 is 1.95 bits per heavy atom. The van der Waals surface area contributed by atoms with E-state index in [1.807, 2.05) is 18.2 Å². The molecule has 0 radical (unpaired) electrons. The van der Waals surface area contributed by atoms with Crippen molar-refractivity contribution in [1.82, 2.24) is 9.97 Å². The minimum Gasteiger partial charge on any atom is -0.493 e. The maximum atomic E-state index is 15.4. The number of thiazole rings is 1. The van der Waals surface area contributed by atoms with Gasteiger partial charge in [-0.25, -0.2) is 9.37 Å². The number of carboxylic acids is 1. The summed E-state index contributed by atoms with van der Waals surface area (Å²) in [6, 6.07) is 5.82. The Balaban J connectivity index is 0.000000514. The topological polar surface area (TPSA) is 95.8 Å². The highest BCUT2D eigenvalue weighted by atomic mass is 32.1. The van der Waals surface area contributed by atoms with Crippen LogP contribution >= 0.6 is 11.3 Å². The van der Waals surface area contributed by atoms with E-state index < -0.39 is 17.4 Å². The molecule has 0 amide bonds. The van der Waals surface area contributed by atoms with Gasteiger partial charge in [0.2, 0.25) is 0 Å². The summed E-state index contributed by atoms with van der Waals surface area (Å²) in [5.74, 6) is -0.666. The minimum atomic E-state index is -1.00. The number of ether oxygens (including phenoxy) is 1. The Morgan fingerprint density at radius 1 is 1.22 bits per heavy atom. The molecule has 0 aliphatic carbocycles. The molecule has 2 aliphatic heterocycles. The lowest BCUT2D eigenvalue weighted by Crippen LogP contribution is -2.36. The summed E-state index contributed by atoms with van der Waals surface area (Å²) in [5, 5.41) is 19.9. The first-order valence-electron chi connectivity index (χ1n) is 12.4. The Labute approximate surface area is 218 Å². The lowest BCUT2D eigenvalue weighted by Gasteiger charge is -2.30. The number of fused-ring (bicyclic) bond motifs is 1. The van der Waals surface area contributed by atoms with E-state index in [-0.39, 0.29) is 6.42 Å². The molecule has 4 heterocycles. The molecule has 7 nitrogen and oxygen atoms in total. The number of pyridine rings is 1. The van der Waals surface area contributed by atoms with E-state index in [1.165, 1.54) is 11.3 Å². The van der Waals surface area contributed by atoms with E-state index in [1.54, 1.807) is 33.9 Å². The molecule has 2 aliphatic rings. The highest BCUT2D eigenvalue weighted by Crippen LogP contribution is 2.46. The second kappa shape index (κ2) is 9.54. The molecule has 1 fully saturated rings. The monoisotopic (exact) mass is 523 g/mol. The predicted molar refractivity (Wildman–Crippen MR) is 144 cm³/mol. The summed E-state index contributed by atoms with van der Waals surface area (Å²) in [7, 11) is 0. The number of carboxylic acid groups (broad SMARTS) is 1. The van der Waals surface area contributed by atoms with E-state index in [4.69, 9.17) is 9.84 Å². The van der Waals surface area contributed by atoms with Crippen LogP contribution in [-0.4, -0.2) is 51.4 Å². The van der Waals surface area contributed by atoms with E-state index in [0.717, 1.165) is 58.8 Å². The van der Waals surface area contributed by atoms with Crippen LogP contribution in [0, 0.1) is 12.7 Å². The first kappa shape index (κ1) is 25.4. The molecular weight excluding hydrogens is 493 g/mol. The average Bonchev–Trinajstić information content (AvgIpc) is 3.21. The van der Waals surface area contributed by atoms with Gasteiger partial charge in [0, 0.05) is 42.2 Å². The van der Waals surface area contributed by atoms with Crippen LogP contribution < -0.4 is 9.64 Å². The normalized spacial score (nSPS) is 14.7. The molecule has 2 aromatic heterocycles. The number of nitrogens with zero attached hydrogens (tertiary/aromatic N) is 3. The molecule has 37 heavy (non-hydrogen) atoms. The molecule has 0 bridgehead atoms. The van der Waals surface area contributed by atoms with Crippen molar-refractivity contribution in [3.63, 3.8) is 0 Å². The Kier molecular flexibility index (Phi) is 6.53. The number of hydrogen-bond acceptors (Lipinski definition) is 7. The number of benzene rings is 2. The fourth-order valence-corrected chi connectivity index (χ4v) is 5.86. The third-order valence-corrected chi connectivity index (χ3v) is 7.56. The van der Waals surface area contributed by atoms with Crippen molar-refractivity contribution in [1.29, 1.82) is 0 Å². The first-order chi connectivity index (χ1) is 17.5. The smallest absolute Gasteiger partial charge is 0.307 e. The van der Waals surface area contributed by atoms with Crippen LogP contribution in [0.15, 0.2) is 24.4 Å². The summed E-state index contributed by atoms with van der Waals surface area (Å²) in [6.07, 6.45) is 3.38. The highest BCUT2D eigenvalue weighted by molar-refractivity contribution is 7.22. The van der Waals surface area contributed by atoms with Gasteiger partial charge in [-0.2, -0.15) is 0 Å². The van der Waals surface area contributed by atoms with Crippen molar-refractivity contribution in [2.45, 2.75) is 52.6 Å². The Hall–Kier alpha value is -3.30. The summed E-state index contributed by atoms with van der Waals surface area (Å²) in [4.78, 5) is 23.2. The zero-order valence-corrected chi connectivity index (χ0v) is 22.2. The first-order valence-corrected chi connectivity index (χ1v) is 13.2. The van der Waals surface area contributed by atoms with E-state index in [2.05, 4.69) is 14.9 Å². The zero-order valence-electron chi connectivity index (χ0n) is 21.4. The summed E-state index contributed by atoms with van der Waals surface area (Å²) >= 11 is 1.43. The maximum absolute atomic E-state index is 15.4. The number of halogens is 1. The number of hydrogen-bond donors (Lipinski definition) is 2. The van der Waals surface area contributed by atoms with Crippen LogP contribution in [0.1, 0.15) is 43.9 Å². The number of rotatable bonds is 4. The zero-order chi connectivity index (χ0) is 26.5. The van der Waals surface area contributed by atoms with Crippen LogP contribution in [0.4, 0.5) is 9.52 Å². The van der Waals surface area contributed by atoms with Crippen LogP contribution in [0.25, 0.3) is 32.2 Å². The van der Waals surface area contributed by atoms with Crippen LogP contribution in [0.2, 0.25) is 0 Å². The largest absolute Gasteiger partial charge is 0.493 e. The molecule has 4 aromatic rings. The standard InChI is InChI=1S/C24H20FN3O3S.C4H10O/c1-12-15(11-17(29)30)19(23-22(20(12)25)27-24(32-23)28-8-2-9-28)14-3-4-16-18-13(6-10-31-16)5-7-26-21(14)18;1-4(2,3)5/h3-5,7H,2,6,8-11H2,1H3,(H,29,30);5H,1-3H3. The third-order valence-electron chi connectivity index (χ3n) is 6.43. The summed E-state index contributed by atoms with van der Waals surface area (Å²) < 4.78 is 21.9. The predicted octanol–water partition coefficient (Wildman–Crippen LogP) is 5.51. The van der Waals surface area contributed by atoms with Gasteiger partial charge in [0.1, 0.15) is 11.3 Å². The van der Waals surface area contributed by atoms with Crippen molar-refractivity contribution in [3.05, 3.63) is 46.9 Å². The van der Waals surface area contributed by atoms with Gasteiger partial charge in [0.15, 0.2) is 10.9 Å². The second-order valence-electron chi connectivity index (χ2n) is 10.5. The number of aromatic nitrogens is 2. The average molecular weight is 524 g/mol. The number of aliphatic hydroxyl groups is 1. The van der Waals surface area contributed by atoms with Crippen molar-refractivity contribution >= 4 is 43.6 Å². The summed E-state index contributed by atoms with van der Waals surface area (Å²) in [5.41, 5.74) is 4.01. The van der Waals surface area contributed by atoms with Crippen LogP contribution in [0.5, 0.6) is 5.75 Å². The van der Waals surface area contributed by atoms with Gasteiger partial charge in [0.05, 0.1) is 28.8 Å². The second-order valence-corrected chi connectivity index (χ2v) is 11.4. The third kappa shape index (κ3) is 4.85. The quantitative estimate of drug-likeness (QED) is 0.364. The van der Waals surface area contributed by atoms with E-state index in [9.17, 15) is 9.90 Å². The molecule has 2 aromatic carbocycles. The van der Waals surface area contributed by atoms with E-state index >= 15 is 4.39 Å². The van der Waals surface area contributed by atoms with Gasteiger partial charge in [0.25, 0.3) is 0 Å². The number of aliphatic carboxylic acids is 1. The number of carbonyl (C=O) groups is 1. The fourth-order valence-electron chi connectivity index (χ4n) is 4.66. The van der Waals surface area contributed by atoms with Gasteiger partial charge >= 0.3 is 5.97 Å². The highest BCUT2D eigenvalue weighted by Gasteiger charge is 2.28. The molecule has 6 rings (SSSR count). The van der Waals surface area contributed by atoms with Gasteiger partial charge in [-0.1, -0.05) is 11.3 Å². The van der Waals surface area contributed by atoms with Crippen molar-refractivity contribution in [3.8, 4) is 16.9 Å². The molecule has 9 heteroatoms. The van der Waals surface area contributed by atoms with Gasteiger partial charge in [-0.3, -0.25) is 9.78 Å². The molecule has 194 valence electrons. The van der Waals surface area contributed by atoms with Crippen molar-refractivity contribution in [2.75, 3.05) is 24.6 Å². The number of anilines is 1. The van der Waals surface area contributed by atoms with Gasteiger partial charge in [-0.15, -0.1) is 0 Å². The van der Waals surface area contributed by atoms with Crippen molar-refractivity contribution in [2.24, 2.45) is 0 Å². The Bertz CT molecular complexity index is 1510. The van der Waals surface area contributed by atoms with Gasteiger partial charge < -0.3 is 19.8 Å². The molecule has 0 atom stereocenters.